The molecule has 0 aromatic carbocycles. The number of carbonyl (C=O) groups is 2. The van der Waals surface area contributed by atoms with Gasteiger partial charge in [-0.15, -0.1) is 0 Å². The number of hydrogen-bond donors (Lipinski definition) is 2. The van der Waals surface area contributed by atoms with Gasteiger partial charge in [-0.25, -0.2) is 4.79 Å². The van der Waals surface area contributed by atoms with Crippen molar-refractivity contribution in [2.45, 2.75) is 38.3 Å². The fourth-order valence-electron chi connectivity index (χ4n) is 1.74. The maximum absolute atomic E-state index is 11.7. The first-order chi connectivity index (χ1) is 8.06. The molecular weight excluding hydrogens is 224 g/mol. The Hall–Kier alpha value is -1.61. The van der Waals surface area contributed by atoms with Crippen molar-refractivity contribution in [1.82, 2.24) is 5.32 Å². The molecule has 0 unspecified atom stereocenters. The Morgan fingerprint density at radius 1 is 1.65 bits per heavy atom. The fourth-order valence-corrected chi connectivity index (χ4v) is 1.74. The summed E-state index contributed by atoms with van der Waals surface area (Å²) in [5, 5.41) is 20.0. The number of hydrogen-bond acceptors (Lipinski definition) is 4. The van der Waals surface area contributed by atoms with Gasteiger partial charge in [0.2, 0.25) is 5.91 Å². The smallest absolute Gasteiger partial charge is 0.326 e. The van der Waals surface area contributed by atoms with Crippen LogP contribution in [0.5, 0.6) is 0 Å². The Morgan fingerprint density at radius 2 is 2.35 bits per heavy atom. The number of amides is 1. The fraction of sp³-hybridized carbons (Fsp3) is 0.727. The van der Waals surface area contributed by atoms with Crippen LogP contribution in [0.15, 0.2) is 0 Å². The van der Waals surface area contributed by atoms with Gasteiger partial charge in [0.05, 0.1) is 6.07 Å². The summed E-state index contributed by atoms with van der Waals surface area (Å²) in [7, 11) is 0. The lowest BCUT2D eigenvalue weighted by Crippen LogP contribution is -2.48. The normalized spacial score (nSPS) is 22.5. The summed E-state index contributed by atoms with van der Waals surface area (Å²) in [6, 6.07) is 0.864. The van der Waals surface area contributed by atoms with Crippen molar-refractivity contribution in [3.05, 3.63) is 0 Å². The van der Waals surface area contributed by atoms with E-state index in [1.165, 1.54) is 0 Å². The molecule has 0 spiro atoms. The number of nitrogens with zero attached hydrogens (tertiary/aromatic N) is 1. The van der Waals surface area contributed by atoms with Crippen LogP contribution in [0.4, 0.5) is 0 Å². The average Bonchev–Trinajstić information content (AvgIpc) is 2.78. The van der Waals surface area contributed by atoms with Crippen molar-refractivity contribution < 1.29 is 19.4 Å². The third kappa shape index (κ3) is 3.71. The molecule has 6 heteroatoms. The van der Waals surface area contributed by atoms with E-state index in [9.17, 15) is 9.59 Å². The second-order valence-electron chi connectivity index (χ2n) is 4.17. The van der Waals surface area contributed by atoms with Crippen molar-refractivity contribution in [3.63, 3.8) is 0 Å². The van der Waals surface area contributed by atoms with Crippen LogP contribution in [0, 0.1) is 17.2 Å². The van der Waals surface area contributed by atoms with E-state index in [1.807, 2.05) is 6.07 Å². The van der Waals surface area contributed by atoms with E-state index in [2.05, 4.69) is 5.32 Å². The first-order valence-corrected chi connectivity index (χ1v) is 5.58. The quantitative estimate of drug-likeness (QED) is 0.719. The third-order valence-electron chi connectivity index (χ3n) is 2.77. The molecule has 0 radical (unpaired) electrons. The van der Waals surface area contributed by atoms with Crippen LogP contribution >= 0.6 is 0 Å². The molecule has 94 valence electrons. The predicted molar refractivity (Wildman–Crippen MR) is 57.9 cm³/mol. The van der Waals surface area contributed by atoms with E-state index in [0.29, 0.717) is 13.0 Å². The lowest BCUT2D eigenvalue weighted by Gasteiger charge is -2.21. The van der Waals surface area contributed by atoms with Gasteiger partial charge in [0.15, 0.2) is 0 Å². The summed E-state index contributed by atoms with van der Waals surface area (Å²) in [6.45, 7) is 2.15. The van der Waals surface area contributed by atoms with E-state index in [-0.39, 0.29) is 6.42 Å². The highest BCUT2D eigenvalue weighted by molar-refractivity contribution is 5.86. The van der Waals surface area contributed by atoms with Gasteiger partial charge in [-0.2, -0.15) is 5.26 Å². The Bertz CT molecular complexity index is 331. The minimum Gasteiger partial charge on any atom is -0.480 e. The van der Waals surface area contributed by atoms with Crippen LogP contribution in [0.1, 0.15) is 26.2 Å². The molecule has 1 amide bonds. The summed E-state index contributed by atoms with van der Waals surface area (Å²) in [4.78, 5) is 22.7. The number of aliphatic carboxylic acids is 1. The maximum atomic E-state index is 11.7. The minimum absolute atomic E-state index is 0.0861. The lowest BCUT2D eigenvalue weighted by molar-refractivity contribution is -0.145. The van der Waals surface area contributed by atoms with Crippen LogP contribution in [-0.2, 0) is 14.3 Å². The second kappa shape index (κ2) is 6.21. The van der Waals surface area contributed by atoms with Crippen LogP contribution < -0.4 is 5.32 Å². The molecule has 1 heterocycles. The highest BCUT2D eigenvalue weighted by atomic mass is 16.5. The zero-order valence-corrected chi connectivity index (χ0v) is 9.68. The molecule has 2 N–H and O–H groups in total. The SMILES string of the molecule is C[C@H](CC#N)[C@@H](NC(=O)[C@H]1CCCO1)C(=O)O. The zero-order valence-electron chi connectivity index (χ0n) is 9.68. The molecule has 0 aliphatic carbocycles. The number of nitrogens with one attached hydrogen (secondary N) is 1. The summed E-state index contributed by atoms with van der Waals surface area (Å²) >= 11 is 0. The predicted octanol–water partition coefficient (Wildman–Crippen LogP) is 0.285. The van der Waals surface area contributed by atoms with Gasteiger partial charge in [-0.1, -0.05) is 6.92 Å². The van der Waals surface area contributed by atoms with Gasteiger partial charge in [0.1, 0.15) is 12.1 Å². The van der Waals surface area contributed by atoms with Crippen LogP contribution in [0.25, 0.3) is 0 Å². The van der Waals surface area contributed by atoms with Crippen molar-refractivity contribution in [2.24, 2.45) is 5.92 Å². The number of rotatable bonds is 5. The Labute approximate surface area is 99.6 Å². The molecule has 1 rings (SSSR count). The highest BCUT2D eigenvalue weighted by Gasteiger charge is 2.31. The second-order valence-corrected chi connectivity index (χ2v) is 4.17. The molecule has 0 aromatic heterocycles. The van der Waals surface area contributed by atoms with Gasteiger partial charge >= 0.3 is 5.97 Å². The van der Waals surface area contributed by atoms with E-state index >= 15 is 0 Å². The summed E-state index contributed by atoms with van der Waals surface area (Å²) < 4.78 is 5.17. The van der Waals surface area contributed by atoms with Gasteiger partial charge in [0, 0.05) is 18.9 Å². The molecule has 1 fully saturated rings. The Kier molecular flexibility index (Phi) is 4.91. The number of carboxylic acids is 1. The largest absolute Gasteiger partial charge is 0.480 e. The molecule has 1 aliphatic rings. The molecule has 6 nitrogen and oxygen atoms in total. The van der Waals surface area contributed by atoms with E-state index in [1.54, 1.807) is 6.92 Å². The number of carboxylic acid groups (broad SMARTS) is 1. The van der Waals surface area contributed by atoms with Gasteiger partial charge < -0.3 is 15.2 Å². The summed E-state index contributed by atoms with van der Waals surface area (Å²) in [5.41, 5.74) is 0. The van der Waals surface area contributed by atoms with Crippen molar-refractivity contribution in [2.75, 3.05) is 6.61 Å². The highest BCUT2D eigenvalue weighted by Crippen LogP contribution is 2.14. The maximum Gasteiger partial charge on any atom is 0.326 e. The standard InChI is InChI=1S/C11H16N2O4/c1-7(4-5-12)9(11(15)16)13-10(14)8-3-2-6-17-8/h7-9H,2-4,6H2,1H3,(H,13,14)(H,15,16)/t7-,8-,9-/m1/s1. The third-order valence-corrected chi connectivity index (χ3v) is 2.77. The van der Waals surface area contributed by atoms with Crippen LogP contribution in [0.3, 0.4) is 0 Å². The number of ether oxygens (including phenoxy) is 1. The van der Waals surface area contributed by atoms with Crippen LogP contribution in [-0.4, -0.2) is 35.7 Å². The monoisotopic (exact) mass is 240 g/mol. The van der Waals surface area contributed by atoms with Crippen molar-refractivity contribution in [3.8, 4) is 6.07 Å². The zero-order chi connectivity index (χ0) is 12.8. The van der Waals surface area contributed by atoms with Gasteiger partial charge in [0.25, 0.3) is 0 Å². The van der Waals surface area contributed by atoms with Crippen molar-refractivity contribution in [1.29, 1.82) is 5.26 Å². The molecular formula is C11H16N2O4. The molecule has 1 saturated heterocycles. The first-order valence-electron chi connectivity index (χ1n) is 5.58. The Morgan fingerprint density at radius 3 is 2.82 bits per heavy atom. The molecule has 0 saturated carbocycles. The van der Waals surface area contributed by atoms with E-state index in [4.69, 9.17) is 15.1 Å². The first kappa shape index (κ1) is 13.5. The molecule has 17 heavy (non-hydrogen) atoms. The van der Waals surface area contributed by atoms with Gasteiger partial charge in [-0.3, -0.25) is 4.79 Å². The van der Waals surface area contributed by atoms with Crippen molar-refractivity contribution >= 4 is 11.9 Å². The number of carbonyl (C=O) groups excluding carboxylic acids is 1. The molecule has 1 aliphatic heterocycles. The summed E-state index contributed by atoms with van der Waals surface area (Å²) in [6.07, 6.45) is 0.961. The van der Waals surface area contributed by atoms with E-state index < -0.39 is 29.9 Å². The molecule has 3 atom stereocenters. The van der Waals surface area contributed by atoms with Crippen LogP contribution in [0.2, 0.25) is 0 Å². The van der Waals surface area contributed by atoms with Gasteiger partial charge in [-0.05, 0) is 12.8 Å². The average molecular weight is 240 g/mol. The number of nitriles is 1. The molecule has 0 aromatic rings. The molecule has 0 bridgehead atoms. The van der Waals surface area contributed by atoms with E-state index in [0.717, 1.165) is 6.42 Å². The summed E-state index contributed by atoms with van der Waals surface area (Å²) in [5.74, 6) is -1.96. The lowest BCUT2D eigenvalue weighted by atomic mass is 9.98. The minimum atomic E-state index is -1.13. The topological polar surface area (TPSA) is 99.4 Å². The Balaban J connectivity index is 2.57.